The quantitative estimate of drug-likeness (QED) is 0.457. The summed E-state index contributed by atoms with van der Waals surface area (Å²) in [5.74, 6) is 0.0732. The second-order valence-corrected chi connectivity index (χ2v) is 9.32. The van der Waals surface area contributed by atoms with Crippen molar-refractivity contribution in [3.63, 3.8) is 0 Å². The van der Waals surface area contributed by atoms with E-state index >= 15 is 0 Å². The van der Waals surface area contributed by atoms with Crippen LogP contribution >= 0.6 is 23.4 Å². The minimum Gasteiger partial charge on any atom is -0.493 e. The van der Waals surface area contributed by atoms with Crippen molar-refractivity contribution in [2.75, 3.05) is 25.6 Å². The van der Waals surface area contributed by atoms with E-state index in [1.165, 1.54) is 18.9 Å². The zero-order chi connectivity index (χ0) is 25.8. The predicted octanol–water partition coefficient (Wildman–Crippen LogP) is 5.44. The number of thioether (sulfide) groups is 1. The van der Waals surface area contributed by atoms with Crippen LogP contribution in [-0.2, 0) is 14.3 Å². The number of hydrogen-bond acceptors (Lipinski definition) is 8. The maximum atomic E-state index is 12.9. The molecule has 8 nitrogen and oxygen atoms in total. The second-order valence-electron chi connectivity index (χ2n) is 8.04. The molecule has 2 aromatic rings. The average molecular weight is 528 g/mol. The van der Waals surface area contributed by atoms with Crippen LogP contribution < -0.4 is 14.8 Å². The largest absolute Gasteiger partial charge is 0.493 e. The average Bonchev–Trinajstić information content (AvgIpc) is 3.32. The Bertz CT molecular complexity index is 1290. The first-order valence-electron chi connectivity index (χ1n) is 11.3. The summed E-state index contributed by atoms with van der Waals surface area (Å²) in [5, 5.41) is 6.03. The predicted molar refractivity (Wildman–Crippen MR) is 141 cm³/mol. The number of carbonyl (C=O) groups is 2. The van der Waals surface area contributed by atoms with Gasteiger partial charge >= 0.3 is 5.97 Å². The van der Waals surface area contributed by atoms with Gasteiger partial charge in [-0.05, 0) is 61.6 Å². The lowest BCUT2D eigenvalue weighted by Gasteiger charge is -2.33. The highest BCUT2D eigenvalue weighted by molar-refractivity contribution is 8.16. The maximum absolute atomic E-state index is 12.9. The fourth-order valence-electron chi connectivity index (χ4n) is 3.88. The fraction of sp³-hybridized carbons (Fsp3) is 0.269. The van der Waals surface area contributed by atoms with Gasteiger partial charge < -0.3 is 24.4 Å². The van der Waals surface area contributed by atoms with Crippen LogP contribution in [0.5, 0.6) is 11.5 Å². The fourth-order valence-corrected chi connectivity index (χ4v) is 4.85. The van der Waals surface area contributed by atoms with Gasteiger partial charge in [0, 0.05) is 16.9 Å². The lowest BCUT2D eigenvalue weighted by Crippen LogP contribution is -2.34. The number of ether oxygens (including phenoxy) is 3. The first kappa shape index (κ1) is 25.7. The summed E-state index contributed by atoms with van der Waals surface area (Å²) >= 11 is 7.61. The summed E-state index contributed by atoms with van der Waals surface area (Å²) in [6.07, 6.45) is 1.89. The highest BCUT2D eigenvalue weighted by atomic mass is 35.5. The van der Waals surface area contributed by atoms with Gasteiger partial charge in [0.15, 0.2) is 23.3 Å². The molecule has 0 fully saturated rings. The Morgan fingerprint density at radius 2 is 1.97 bits per heavy atom. The van der Waals surface area contributed by atoms with Crippen LogP contribution in [0.1, 0.15) is 31.0 Å². The van der Waals surface area contributed by atoms with E-state index in [-0.39, 0.29) is 19.1 Å². The molecule has 0 radical (unpaired) electrons. The van der Waals surface area contributed by atoms with Crippen molar-refractivity contribution < 1.29 is 23.8 Å². The molecule has 0 bridgehead atoms. The van der Waals surface area contributed by atoms with E-state index in [1.54, 1.807) is 38.1 Å². The van der Waals surface area contributed by atoms with Crippen molar-refractivity contribution in [1.82, 2.24) is 4.90 Å². The molecule has 0 saturated heterocycles. The highest BCUT2D eigenvalue weighted by Crippen LogP contribution is 2.43. The number of benzene rings is 2. The molecule has 4 rings (SSSR count). The third-order valence-electron chi connectivity index (χ3n) is 5.63. The summed E-state index contributed by atoms with van der Waals surface area (Å²) < 4.78 is 16.6. The molecule has 188 valence electrons. The number of aliphatic imine (C=N–C) groups is 1. The summed E-state index contributed by atoms with van der Waals surface area (Å²) in [6, 6.07) is 10.2. The Morgan fingerprint density at radius 1 is 1.17 bits per heavy atom. The number of rotatable bonds is 8. The van der Waals surface area contributed by atoms with E-state index < -0.39 is 12.0 Å². The number of amides is 1. The summed E-state index contributed by atoms with van der Waals surface area (Å²) in [4.78, 5) is 31.8. The summed E-state index contributed by atoms with van der Waals surface area (Å²) in [5.41, 5.74) is 3.36. The Morgan fingerprint density at radius 3 is 2.69 bits per heavy atom. The van der Waals surface area contributed by atoms with Crippen LogP contribution in [0.3, 0.4) is 0 Å². The molecule has 10 heteroatoms. The first-order chi connectivity index (χ1) is 17.3. The molecule has 2 heterocycles. The smallest absolute Gasteiger partial charge is 0.338 e. The van der Waals surface area contributed by atoms with Crippen LogP contribution in [-0.4, -0.2) is 42.3 Å². The van der Waals surface area contributed by atoms with Gasteiger partial charge in [-0.25, -0.2) is 9.79 Å². The van der Waals surface area contributed by atoms with E-state index in [9.17, 15) is 9.59 Å². The molecule has 0 aliphatic carbocycles. The zero-order valence-electron chi connectivity index (χ0n) is 20.3. The van der Waals surface area contributed by atoms with Crippen LogP contribution in [0.15, 0.2) is 64.3 Å². The monoisotopic (exact) mass is 527 g/mol. The van der Waals surface area contributed by atoms with Crippen molar-refractivity contribution in [1.29, 1.82) is 0 Å². The second kappa shape index (κ2) is 11.1. The normalized spacial score (nSPS) is 16.4. The van der Waals surface area contributed by atoms with Crippen molar-refractivity contribution in [2.24, 2.45) is 4.99 Å². The van der Waals surface area contributed by atoms with E-state index in [2.05, 4.69) is 10.3 Å². The number of hydrogen-bond donors (Lipinski definition) is 1. The molecule has 2 aliphatic heterocycles. The maximum Gasteiger partial charge on any atom is 0.338 e. The van der Waals surface area contributed by atoms with Crippen LogP contribution in [0.2, 0.25) is 5.02 Å². The van der Waals surface area contributed by atoms with Crippen LogP contribution in [0.25, 0.3) is 0 Å². The van der Waals surface area contributed by atoms with Gasteiger partial charge in [0.25, 0.3) is 5.91 Å². The number of halogens is 1. The molecule has 36 heavy (non-hydrogen) atoms. The van der Waals surface area contributed by atoms with Crippen LogP contribution in [0.4, 0.5) is 5.69 Å². The number of methoxy groups -OCH3 is 1. The minimum atomic E-state index is -0.444. The minimum absolute atomic E-state index is 0.222. The molecule has 1 atom stereocenters. The lowest BCUT2D eigenvalue weighted by molar-refractivity contribution is -0.139. The van der Waals surface area contributed by atoms with Crippen molar-refractivity contribution in [3.05, 3.63) is 75.4 Å². The highest BCUT2D eigenvalue weighted by Gasteiger charge is 2.37. The SMILES string of the molecule is CCOC(=O)C1=C(C)N=C2SC=CN2[C@H]1c1ccc(OCC(=O)Nc2ccc(C)c(Cl)c2)c(OC)c1. The number of aryl methyl sites for hydroxylation is 1. The number of esters is 1. The standard InChI is InChI=1S/C26H26ClN3O5S/c1-5-34-25(32)23-16(3)28-26-30(10-11-36-26)24(23)17-7-9-20(21(12-17)33-4)35-14-22(31)29-18-8-6-15(2)19(27)13-18/h6-13,24H,5,14H2,1-4H3,(H,29,31)/t24-/m0/s1. The summed E-state index contributed by atoms with van der Waals surface area (Å²) in [7, 11) is 1.52. The molecular formula is C26H26ClN3O5S. The molecule has 1 N–H and O–H groups in total. The van der Waals surface area contributed by atoms with Gasteiger partial charge in [-0.2, -0.15) is 0 Å². The zero-order valence-corrected chi connectivity index (χ0v) is 21.9. The number of carbonyl (C=O) groups excluding carboxylic acids is 2. The van der Waals surface area contributed by atoms with E-state index in [4.69, 9.17) is 25.8 Å². The molecular weight excluding hydrogens is 502 g/mol. The van der Waals surface area contributed by atoms with Gasteiger partial charge in [0.05, 0.1) is 31.0 Å². The third-order valence-corrected chi connectivity index (χ3v) is 6.81. The van der Waals surface area contributed by atoms with Crippen molar-refractivity contribution >= 4 is 46.1 Å². The topological polar surface area (TPSA) is 89.5 Å². The van der Waals surface area contributed by atoms with Gasteiger partial charge in [0.1, 0.15) is 0 Å². The van der Waals surface area contributed by atoms with E-state index in [0.29, 0.717) is 33.5 Å². The number of allylic oxidation sites excluding steroid dienone is 1. The molecule has 1 amide bonds. The van der Waals surface area contributed by atoms with Gasteiger partial charge in [0.2, 0.25) is 0 Å². The summed E-state index contributed by atoms with van der Waals surface area (Å²) in [6.45, 7) is 5.50. The molecule has 0 aromatic heterocycles. The van der Waals surface area contributed by atoms with Crippen molar-refractivity contribution in [2.45, 2.75) is 26.8 Å². The molecule has 0 saturated carbocycles. The van der Waals surface area contributed by atoms with E-state index in [0.717, 1.165) is 16.3 Å². The molecule has 0 unspecified atom stereocenters. The number of nitrogens with one attached hydrogen (secondary N) is 1. The number of fused-ring (bicyclic) bond motifs is 1. The third kappa shape index (κ3) is 5.37. The Labute approximate surface area is 219 Å². The molecule has 2 aliphatic rings. The van der Waals surface area contributed by atoms with E-state index in [1.807, 2.05) is 35.6 Å². The first-order valence-corrected chi connectivity index (χ1v) is 12.5. The Kier molecular flexibility index (Phi) is 7.91. The number of anilines is 1. The number of amidine groups is 1. The Hall–Kier alpha value is -3.43. The molecule has 0 spiro atoms. The lowest BCUT2D eigenvalue weighted by atomic mass is 9.94. The van der Waals surface area contributed by atoms with Gasteiger partial charge in [-0.3, -0.25) is 4.79 Å². The van der Waals surface area contributed by atoms with Crippen LogP contribution in [0, 0.1) is 6.92 Å². The number of nitrogens with zero attached hydrogens (tertiary/aromatic N) is 2. The Balaban J connectivity index is 1.54. The van der Waals surface area contributed by atoms with Gasteiger partial charge in [-0.1, -0.05) is 35.5 Å². The van der Waals surface area contributed by atoms with Crippen molar-refractivity contribution in [3.8, 4) is 11.5 Å². The van der Waals surface area contributed by atoms with Gasteiger partial charge in [-0.15, -0.1) is 0 Å². The molecule has 2 aromatic carbocycles.